The normalized spacial score (nSPS) is 10.9. The lowest BCUT2D eigenvalue weighted by Crippen LogP contribution is -2.18. The van der Waals surface area contributed by atoms with Gasteiger partial charge < -0.3 is 14.8 Å². The average molecular weight is 283 g/mol. The molecule has 0 fully saturated rings. The van der Waals surface area contributed by atoms with Crippen LogP contribution >= 0.6 is 11.8 Å². The smallest absolute Gasteiger partial charge is 0.0587 e. The fourth-order valence-corrected chi connectivity index (χ4v) is 2.71. The number of hydrogen-bond acceptors (Lipinski definition) is 4. The monoisotopic (exact) mass is 283 g/mol. The van der Waals surface area contributed by atoms with E-state index in [1.165, 1.54) is 16.0 Å². The molecule has 0 spiro atoms. The summed E-state index contributed by atoms with van der Waals surface area (Å²) >= 11 is 1.91. The van der Waals surface area contributed by atoms with Crippen LogP contribution in [0.4, 0.5) is 0 Å². The van der Waals surface area contributed by atoms with Gasteiger partial charge in [0.1, 0.15) is 0 Å². The molecule has 0 aliphatic carbocycles. The summed E-state index contributed by atoms with van der Waals surface area (Å²) in [5.41, 5.74) is 2.68. The van der Waals surface area contributed by atoms with Crippen molar-refractivity contribution >= 4 is 11.8 Å². The molecule has 0 amide bonds. The Hall–Kier alpha value is -0.550. The third-order valence-electron chi connectivity index (χ3n) is 2.80. The minimum atomic E-state index is 0.756. The van der Waals surface area contributed by atoms with Crippen LogP contribution in [-0.2, 0) is 16.0 Å². The molecule has 0 saturated heterocycles. The van der Waals surface area contributed by atoms with Gasteiger partial charge in [0.05, 0.1) is 6.61 Å². The molecule has 0 radical (unpaired) electrons. The highest BCUT2D eigenvalue weighted by atomic mass is 32.2. The Morgan fingerprint density at radius 2 is 1.95 bits per heavy atom. The molecule has 0 unspecified atom stereocenters. The van der Waals surface area contributed by atoms with Gasteiger partial charge in [-0.15, -0.1) is 11.8 Å². The largest absolute Gasteiger partial charge is 0.385 e. The molecule has 19 heavy (non-hydrogen) atoms. The van der Waals surface area contributed by atoms with Crippen molar-refractivity contribution in [3.8, 4) is 0 Å². The van der Waals surface area contributed by atoms with Gasteiger partial charge in [-0.1, -0.05) is 12.1 Å². The van der Waals surface area contributed by atoms with Gasteiger partial charge in [-0.05, 0) is 30.5 Å². The fraction of sp³-hybridized carbons (Fsp3) is 0.600. The molecule has 1 N–H and O–H groups in total. The second-order valence-electron chi connectivity index (χ2n) is 4.46. The molecule has 0 heterocycles. The zero-order valence-electron chi connectivity index (χ0n) is 12.2. The second-order valence-corrected chi connectivity index (χ2v) is 5.60. The molecule has 0 saturated carbocycles. The molecule has 0 bridgehead atoms. The maximum atomic E-state index is 5.06. The summed E-state index contributed by atoms with van der Waals surface area (Å²) in [5.74, 6) is 1.11. The van der Waals surface area contributed by atoms with E-state index in [4.69, 9.17) is 9.47 Å². The highest BCUT2D eigenvalue weighted by Gasteiger charge is 2.01. The van der Waals surface area contributed by atoms with Crippen LogP contribution in [0.3, 0.4) is 0 Å². The van der Waals surface area contributed by atoms with E-state index in [1.807, 2.05) is 11.8 Å². The fourth-order valence-electron chi connectivity index (χ4n) is 1.78. The minimum absolute atomic E-state index is 0.756. The zero-order chi connectivity index (χ0) is 13.9. The Balaban J connectivity index is 2.36. The van der Waals surface area contributed by atoms with Crippen molar-refractivity contribution < 1.29 is 9.47 Å². The second kappa shape index (κ2) is 10.3. The van der Waals surface area contributed by atoms with Crippen LogP contribution in [0, 0.1) is 6.92 Å². The summed E-state index contributed by atoms with van der Waals surface area (Å²) in [4.78, 5) is 1.37. The summed E-state index contributed by atoms with van der Waals surface area (Å²) in [5, 5.41) is 3.36. The molecule has 4 heteroatoms. The standard InChI is InChI=1S/C15H25NO2S/c1-13-11-14(12-16-7-9-18-3)5-6-15(13)19-10-4-8-17-2/h5-6,11,16H,4,7-10,12H2,1-3H3. The minimum Gasteiger partial charge on any atom is -0.385 e. The highest BCUT2D eigenvalue weighted by Crippen LogP contribution is 2.23. The van der Waals surface area contributed by atoms with Gasteiger partial charge in [-0.25, -0.2) is 0 Å². The number of benzene rings is 1. The Kier molecular flexibility index (Phi) is 8.91. The van der Waals surface area contributed by atoms with E-state index >= 15 is 0 Å². The Bertz CT molecular complexity index is 358. The van der Waals surface area contributed by atoms with Gasteiger partial charge in [-0.3, -0.25) is 0 Å². The van der Waals surface area contributed by atoms with Crippen LogP contribution in [0.25, 0.3) is 0 Å². The van der Waals surface area contributed by atoms with Crippen LogP contribution in [0.15, 0.2) is 23.1 Å². The Morgan fingerprint density at radius 3 is 2.63 bits per heavy atom. The Labute approximate surface area is 121 Å². The maximum absolute atomic E-state index is 5.06. The van der Waals surface area contributed by atoms with Crippen LogP contribution in [0.5, 0.6) is 0 Å². The van der Waals surface area contributed by atoms with Crippen molar-refractivity contribution in [1.82, 2.24) is 5.32 Å². The van der Waals surface area contributed by atoms with Crippen LogP contribution in [0.1, 0.15) is 17.5 Å². The van der Waals surface area contributed by atoms with Crippen molar-refractivity contribution in [1.29, 1.82) is 0 Å². The van der Waals surface area contributed by atoms with Crippen molar-refractivity contribution in [3.63, 3.8) is 0 Å². The highest BCUT2D eigenvalue weighted by molar-refractivity contribution is 7.99. The average Bonchev–Trinajstić information content (AvgIpc) is 2.42. The first kappa shape index (κ1) is 16.5. The summed E-state index contributed by atoms with van der Waals surface area (Å²) in [7, 11) is 3.47. The Morgan fingerprint density at radius 1 is 1.16 bits per heavy atom. The number of rotatable bonds is 10. The van der Waals surface area contributed by atoms with Gasteiger partial charge in [0.2, 0.25) is 0 Å². The molecule has 108 valence electrons. The zero-order valence-corrected chi connectivity index (χ0v) is 13.0. The molecular weight excluding hydrogens is 258 g/mol. The third-order valence-corrected chi connectivity index (χ3v) is 4.06. The molecule has 0 aliphatic heterocycles. The van der Waals surface area contributed by atoms with Crippen molar-refractivity contribution in [3.05, 3.63) is 29.3 Å². The van der Waals surface area contributed by atoms with Gasteiger partial charge >= 0.3 is 0 Å². The lowest BCUT2D eigenvalue weighted by Gasteiger charge is -2.09. The number of thioether (sulfide) groups is 1. The van der Waals surface area contributed by atoms with Gasteiger partial charge in [-0.2, -0.15) is 0 Å². The number of hydrogen-bond donors (Lipinski definition) is 1. The van der Waals surface area contributed by atoms with E-state index in [9.17, 15) is 0 Å². The van der Waals surface area contributed by atoms with E-state index < -0.39 is 0 Å². The van der Waals surface area contributed by atoms with E-state index in [0.717, 1.165) is 38.5 Å². The van der Waals surface area contributed by atoms with Crippen molar-refractivity contribution in [2.45, 2.75) is 24.8 Å². The quantitative estimate of drug-likeness (QED) is 0.528. The predicted octanol–water partition coefficient (Wildman–Crippen LogP) is 2.86. The number of methoxy groups -OCH3 is 2. The predicted molar refractivity (Wildman–Crippen MR) is 82.0 cm³/mol. The molecule has 3 nitrogen and oxygen atoms in total. The lowest BCUT2D eigenvalue weighted by atomic mass is 10.1. The molecule has 1 aromatic rings. The summed E-state index contributed by atoms with van der Waals surface area (Å²) in [6.45, 7) is 5.57. The number of aryl methyl sites for hydroxylation is 1. The van der Waals surface area contributed by atoms with E-state index in [0.29, 0.717) is 0 Å². The molecule has 1 aromatic carbocycles. The van der Waals surface area contributed by atoms with Gasteiger partial charge in [0.25, 0.3) is 0 Å². The van der Waals surface area contributed by atoms with E-state index in [-0.39, 0.29) is 0 Å². The lowest BCUT2D eigenvalue weighted by molar-refractivity contribution is 0.199. The summed E-state index contributed by atoms with van der Waals surface area (Å²) in [6, 6.07) is 6.68. The first-order valence-corrected chi connectivity index (χ1v) is 7.67. The van der Waals surface area contributed by atoms with Gasteiger partial charge in [0, 0.05) is 44.6 Å². The molecule has 0 atom stereocenters. The van der Waals surface area contributed by atoms with Crippen LogP contribution in [0.2, 0.25) is 0 Å². The topological polar surface area (TPSA) is 30.5 Å². The molecule has 0 aromatic heterocycles. The maximum Gasteiger partial charge on any atom is 0.0587 e. The van der Waals surface area contributed by atoms with E-state index in [1.54, 1.807) is 14.2 Å². The van der Waals surface area contributed by atoms with Crippen LogP contribution < -0.4 is 5.32 Å². The third kappa shape index (κ3) is 6.97. The van der Waals surface area contributed by atoms with Crippen molar-refractivity contribution in [2.75, 3.05) is 39.7 Å². The number of nitrogens with one attached hydrogen (secondary N) is 1. The molecular formula is C15H25NO2S. The summed E-state index contributed by atoms with van der Waals surface area (Å²) in [6.07, 6.45) is 1.10. The number of ether oxygens (including phenoxy) is 2. The van der Waals surface area contributed by atoms with Gasteiger partial charge in [0.15, 0.2) is 0 Å². The summed E-state index contributed by atoms with van der Waals surface area (Å²) < 4.78 is 10.1. The van der Waals surface area contributed by atoms with E-state index in [2.05, 4.69) is 30.4 Å². The SMILES string of the molecule is COCCCSc1ccc(CNCCOC)cc1C. The first-order valence-electron chi connectivity index (χ1n) is 6.69. The first-order chi connectivity index (χ1) is 9.27. The molecule has 0 aliphatic rings. The molecule has 1 rings (SSSR count). The van der Waals surface area contributed by atoms with Crippen LogP contribution in [-0.4, -0.2) is 39.7 Å². The van der Waals surface area contributed by atoms with Crippen molar-refractivity contribution in [2.24, 2.45) is 0 Å².